The molecule has 0 saturated heterocycles. The summed E-state index contributed by atoms with van der Waals surface area (Å²) in [6.07, 6.45) is -2.11. The van der Waals surface area contributed by atoms with E-state index in [0.717, 1.165) is 0 Å². The first-order chi connectivity index (χ1) is 6.40. The molecule has 0 amide bonds. The van der Waals surface area contributed by atoms with Crippen molar-refractivity contribution in [3.8, 4) is 0 Å². The molecule has 0 bridgehead atoms. The van der Waals surface area contributed by atoms with Crippen molar-refractivity contribution in [2.75, 3.05) is 0 Å². The Morgan fingerprint density at radius 3 is 2.64 bits per heavy atom. The summed E-state index contributed by atoms with van der Waals surface area (Å²) in [5, 5.41) is 0. The van der Waals surface area contributed by atoms with Crippen molar-refractivity contribution >= 4 is 0 Å². The van der Waals surface area contributed by atoms with Gasteiger partial charge < -0.3 is 10.3 Å². The van der Waals surface area contributed by atoms with Crippen LogP contribution in [0.2, 0.25) is 0 Å². The standard InChI is InChI=1S/C8H12F3N3/c1-14-5-13-4-7(14)6(12)2-3-8(9,10)11/h4-6H,2-3,12H2,1H3. The van der Waals surface area contributed by atoms with Crippen molar-refractivity contribution in [3.05, 3.63) is 18.2 Å². The summed E-state index contributed by atoms with van der Waals surface area (Å²) in [7, 11) is 1.70. The Labute approximate surface area is 79.7 Å². The van der Waals surface area contributed by atoms with Crippen LogP contribution in [0.15, 0.2) is 12.5 Å². The van der Waals surface area contributed by atoms with Crippen LogP contribution in [0.3, 0.4) is 0 Å². The lowest BCUT2D eigenvalue weighted by atomic mass is 10.1. The van der Waals surface area contributed by atoms with Gasteiger partial charge in [-0.25, -0.2) is 4.98 Å². The molecule has 0 aromatic carbocycles. The van der Waals surface area contributed by atoms with Crippen LogP contribution in [0.5, 0.6) is 0 Å². The number of hydrogen-bond acceptors (Lipinski definition) is 2. The van der Waals surface area contributed by atoms with E-state index in [4.69, 9.17) is 5.73 Å². The third-order valence-electron chi connectivity index (χ3n) is 1.97. The quantitative estimate of drug-likeness (QED) is 0.820. The Kier molecular flexibility index (Phi) is 3.15. The second-order valence-electron chi connectivity index (χ2n) is 3.19. The molecule has 0 fully saturated rings. The summed E-state index contributed by atoms with van der Waals surface area (Å²) < 4.78 is 37.3. The van der Waals surface area contributed by atoms with Gasteiger partial charge in [-0.1, -0.05) is 0 Å². The Morgan fingerprint density at radius 1 is 1.57 bits per heavy atom. The molecule has 0 radical (unpaired) electrons. The zero-order valence-electron chi connectivity index (χ0n) is 7.75. The second-order valence-corrected chi connectivity index (χ2v) is 3.19. The number of halogens is 3. The second kappa shape index (κ2) is 4.00. The van der Waals surface area contributed by atoms with Crippen molar-refractivity contribution < 1.29 is 13.2 Å². The Morgan fingerprint density at radius 2 is 2.21 bits per heavy atom. The molecule has 0 aliphatic heterocycles. The van der Waals surface area contributed by atoms with E-state index in [1.165, 1.54) is 12.5 Å². The fourth-order valence-electron chi connectivity index (χ4n) is 1.19. The van der Waals surface area contributed by atoms with E-state index in [9.17, 15) is 13.2 Å². The zero-order chi connectivity index (χ0) is 10.8. The molecular weight excluding hydrogens is 195 g/mol. The van der Waals surface area contributed by atoms with Crippen LogP contribution in [0.25, 0.3) is 0 Å². The van der Waals surface area contributed by atoms with Gasteiger partial charge in [0.2, 0.25) is 0 Å². The number of hydrogen-bond donors (Lipinski definition) is 1. The third kappa shape index (κ3) is 3.02. The van der Waals surface area contributed by atoms with E-state index >= 15 is 0 Å². The maximum atomic E-state index is 11.9. The van der Waals surface area contributed by atoms with Gasteiger partial charge in [-0.2, -0.15) is 13.2 Å². The first-order valence-corrected chi connectivity index (χ1v) is 4.18. The van der Waals surface area contributed by atoms with E-state index < -0.39 is 18.6 Å². The van der Waals surface area contributed by atoms with Crippen LogP contribution >= 0.6 is 0 Å². The monoisotopic (exact) mass is 207 g/mol. The topological polar surface area (TPSA) is 43.8 Å². The van der Waals surface area contributed by atoms with Gasteiger partial charge in [-0.3, -0.25) is 0 Å². The smallest absolute Gasteiger partial charge is 0.336 e. The maximum Gasteiger partial charge on any atom is 0.389 e. The predicted molar refractivity (Wildman–Crippen MR) is 45.4 cm³/mol. The highest BCUT2D eigenvalue weighted by atomic mass is 19.4. The highest BCUT2D eigenvalue weighted by molar-refractivity contribution is 5.03. The number of rotatable bonds is 3. The summed E-state index contributed by atoms with van der Waals surface area (Å²) >= 11 is 0. The minimum atomic E-state index is -4.14. The molecule has 0 aliphatic carbocycles. The first kappa shape index (κ1) is 11.0. The van der Waals surface area contributed by atoms with Gasteiger partial charge in [0.25, 0.3) is 0 Å². The van der Waals surface area contributed by atoms with Crippen LogP contribution < -0.4 is 5.73 Å². The van der Waals surface area contributed by atoms with Gasteiger partial charge in [-0.15, -0.1) is 0 Å². The fraction of sp³-hybridized carbons (Fsp3) is 0.625. The minimum absolute atomic E-state index is 0.108. The van der Waals surface area contributed by atoms with Gasteiger partial charge in [0.05, 0.1) is 12.0 Å². The SMILES string of the molecule is Cn1cncc1C(N)CCC(F)(F)F. The normalized spacial score (nSPS) is 14.4. The lowest BCUT2D eigenvalue weighted by Crippen LogP contribution is -2.17. The van der Waals surface area contributed by atoms with Crippen molar-refractivity contribution in [2.24, 2.45) is 12.8 Å². The van der Waals surface area contributed by atoms with Gasteiger partial charge in [0, 0.05) is 25.7 Å². The first-order valence-electron chi connectivity index (χ1n) is 4.18. The van der Waals surface area contributed by atoms with Gasteiger partial charge in [0.15, 0.2) is 0 Å². The molecule has 1 unspecified atom stereocenters. The average Bonchev–Trinajstić information content (AvgIpc) is 2.46. The van der Waals surface area contributed by atoms with E-state index in [1.807, 2.05) is 0 Å². The fourth-order valence-corrected chi connectivity index (χ4v) is 1.19. The molecule has 0 aliphatic rings. The highest BCUT2D eigenvalue weighted by Gasteiger charge is 2.28. The van der Waals surface area contributed by atoms with Crippen molar-refractivity contribution in [2.45, 2.75) is 25.1 Å². The highest BCUT2D eigenvalue weighted by Crippen LogP contribution is 2.25. The van der Waals surface area contributed by atoms with E-state index in [2.05, 4.69) is 4.98 Å². The Bertz CT molecular complexity index is 292. The molecular formula is C8H12F3N3. The average molecular weight is 207 g/mol. The molecule has 1 rings (SSSR count). The van der Waals surface area contributed by atoms with E-state index in [-0.39, 0.29) is 6.42 Å². The largest absolute Gasteiger partial charge is 0.389 e. The van der Waals surface area contributed by atoms with Crippen molar-refractivity contribution in [1.82, 2.24) is 9.55 Å². The van der Waals surface area contributed by atoms with E-state index in [0.29, 0.717) is 5.69 Å². The van der Waals surface area contributed by atoms with Crippen LogP contribution in [-0.4, -0.2) is 15.7 Å². The molecule has 0 spiro atoms. The molecule has 1 heterocycles. The predicted octanol–water partition coefficient (Wildman–Crippen LogP) is 1.76. The molecule has 80 valence electrons. The van der Waals surface area contributed by atoms with Crippen molar-refractivity contribution in [1.29, 1.82) is 0 Å². The number of aromatic nitrogens is 2. The minimum Gasteiger partial charge on any atom is -0.336 e. The summed E-state index contributed by atoms with van der Waals surface area (Å²) in [6.45, 7) is 0. The number of nitrogens with two attached hydrogens (primary N) is 1. The molecule has 1 aromatic heterocycles. The van der Waals surface area contributed by atoms with Gasteiger partial charge >= 0.3 is 6.18 Å². The molecule has 6 heteroatoms. The summed E-state index contributed by atoms with van der Waals surface area (Å²) in [5.74, 6) is 0. The lowest BCUT2D eigenvalue weighted by Gasteiger charge is -2.13. The summed E-state index contributed by atoms with van der Waals surface area (Å²) in [6, 6.07) is -0.607. The van der Waals surface area contributed by atoms with Crippen molar-refractivity contribution in [3.63, 3.8) is 0 Å². The van der Waals surface area contributed by atoms with Gasteiger partial charge in [0.1, 0.15) is 0 Å². The molecule has 0 saturated carbocycles. The maximum absolute atomic E-state index is 11.9. The zero-order valence-corrected chi connectivity index (χ0v) is 7.75. The molecule has 2 N–H and O–H groups in total. The van der Waals surface area contributed by atoms with Gasteiger partial charge in [-0.05, 0) is 6.42 Å². The van der Waals surface area contributed by atoms with Crippen LogP contribution in [-0.2, 0) is 7.05 Å². The van der Waals surface area contributed by atoms with Crippen LogP contribution in [0, 0.1) is 0 Å². The number of nitrogens with zero attached hydrogens (tertiary/aromatic N) is 2. The molecule has 14 heavy (non-hydrogen) atoms. The molecule has 1 atom stereocenters. The molecule has 3 nitrogen and oxygen atoms in total. The molecule has 1 aromatic rings. The number of aryl methyl sites for hydroxylation is 1. The number of alkyl halides is 3. The summed E-state index contributed by atoms with van der Waals surface area (Å²) in [5.41, 5.74) is 6.21. The number of imidazole rings is 1. The van der Waals surface area contributed by atoms with Crippen LogP contribution in [0.1, 0.15) is 24.6 Å². The lowest BCUT2D eigenvalue weighted by molar-refractivity contribution is -0.136. The third-order valence-corrected chi connectivity index (χ3v) is 1.97. The Balaban J connectivity index is 2.51. The van der Waals surface area contributed by atoms with Crippen LogP contribution in [0.4, 0.5) is 13.2 Å². The summed E-state index contributed by atoms with van der Waals surface area (Å²) in [4.78, 5) is 3.79. The Hall–Kier alpha value is -1.04. The van der Waals surface area contributed by atoms with E-state index in [1.54, 1.807) is 11.6 Å².